The van der Waals surface area contributed by atoms with Gasteiger partial charge in [0.2, 0.25) is 11.8 Å². The van der Waals surface area contributed by atoms with Crippen LogP contribution < -0.4 is 0 Å². The summed E-state index contributed by atoms with van der Waals surface area (Å²) in [4.78, 5) is 0. The van der Waals surface area contributed by atoms with E-state index < -0.39 is 0 Å². The zero-order valence-electron chi connectivity index (χ0n) is 6.74. The van der Waals surface area contributed by atoms with E-state index >= 15 is 0 Å². The Morgan fingerprint density at radius 2 is 2.00 bits per heavy atom. The fraction of sp³-hybridized carbons (Fsp3) is 0.714. The summed E-state index contributed by atoms with van der Waals surface area (Å²) in [5, 5.41) is 16.0. The molecule has 62 valence electrons. The Hall–Kier alpha value is -0.900. The standard InChI is InChI=1S/C7H12N2O2/c1-5(2)3-6-8-9-7(4-10)11-6/h5,10H,3-4H2,1-2H3. The van der Waals surface area contributed by atoms with Gasteiger partial charge in [0, 0.05) is 6.42 Å². The Bertz CT molecular complexity index is 220. The Labute approximate surface area is 65.3 Å². The normalized spacial score (nSPS) is 10.9. The summed E-state index contributed by atoms with van der Waals surface area (Å²) in [5.41, 5.74) is 0. The van der Waals surface area contributed by atoms with Gasteiger partial charge in [0.15, 0.2) is 0 Å². The Morgan fingerprint density at radius 3 is 2.45 bits per heavy atom. The van der Waals surface area contributed by atoms with Gasteiger partial charge in [0.25, 0.3) is 0 Å². The molecule has 0 saturated carbocycles. The predicted molar refractivity (Wildman–Crippen MR) is 38.8 cm³/mol. The number of aromatic nitrogens is 2. The summed E-state index contributed by atoms with van der Waals surface area (Å²) in [6, 6.07) is 0. The summed E-state index contributed by atoms with van der Waals surface area (Å²) in [5.74, 6) is 1.40. The first kappa shape index (κ1) is 8.20. The number of hydrogen-bond acceptors (Lipinski definition) is 4. The number of nitrogens with zero attached hydrogens (tertiary/aromatic N) is 2. The van der Waals surface area contributed by atoms with E-state index in [-0.39, 0.29) is 6.61 Å². The molecular weight excluding hydrogens is 144 g/mol. The van der Waals surface area contributed by atoms with Crippen LogP contribution in [-0.4, -0.2) is 15.3 Å². The van der Waals surface area contributed by atoms with Gasteiger partial charge in [-0.2, -0.15) is 0 Å². The Morgan fingerprint density at radius 1 is 1.36 bits per heavy atom. The average molecular weight is 156 g/mol. The van der Waals surface area contributed by atoms with Gasteiger partial charge in [0.05, 0.1) is 0 Å². The van der Waals surface area contributed by atoms with Crippen LogP contribution in [0.3, 0.4) is 0 Å². The molecule has 0 saturated heterocycles. The molecule has 0 aliphatic heterocycles. The fourth-order valence-corrected chi connectivity index (χ4v) is 0.784. The average Bonchev–Trinajstić information content (AvgIpc) is 2.34. The van der Waals surface area contributed by atoms with Crippen molar-refractivity contribution in [2.45, 2.75) is 26.9 Å². The molecule has 0 spiro atoms. The zero-order chi connectivity index (χ0) is 8.27. The minimum absolute atomic E-state index is 0.176. The van der Waals surface area contributed by atoms with Crippen molar-refractivity contribution in [2.75, 3.05) is 0 Å². The summed E-state index contributed by atoms with van der Waals surface area (Å²) in [6.45, 7) is 3.97. The first-order chi connectivity index (χ1) is 5.22. The number of aliphatic hydroxyl groups is 1. The van der Waals surface area contributed by atoms with Crippen molar-refractivity contribution < 1.29 is 9.52 Å². The maximum atomic E-state index is 8.59. The molecule has 1 aromatic heterocycles. The lowest BCUT2D eigenvalue weighted by atomic mass is 10.1. The minimum atomic E-state index is -0.176. The lowest BCUT2D eigenvalue weighted by Crippen LogP contribution is -1.93. The highest BCUT2D eigenvalue weighted by atomic mass is 16.4. The third-order valence-corrected chi connectivity index (χ3v) is 1.23. The van der Waals surface area contributed by atoms with Crippen molar-refractivity contribution >= 4 is 0 Å². The van der Waals surface area contributed by atoms with Crippen molar-refractivity contribution in [1.82, 2.24) is 10.2 Å². The van der Waals surface area contributed by atoms with Crippen molar-refractivity contribution in [1.29, 1.82) is 0 Å². The summed E-state index contributed by atoms with van der Waals surface area (Å²) in [6.07, 6.45) is 0.771. The number of hydrogen-bond donors (Lipinski definition) is 1. The molecule has 0 aliphatic rings. The number of aliphatic hydroxyl groups excluding tert-OH is 1. The fourth-order valence-electron chi connectivity index (χ4n) is 0.784. The van der Waals surface area contributed by atoms with Gasteiger partial charge in [-0.1, -0.05) is 13.8 Å². The Kier molecular flexibility index (Phi) is 2.59. The first-order valence-corrected chi connectivity index (χ1v) is 3.64. The van der Waals surface area contributed by atoms with E-state index in [2.05, 4.69) is 24.0 Å². The smallest absolute Gasteiger partial charge is 0.241 e. The van der Waals surface area contributed by atoms with Crippen LogP contribution in [0.5, 0.6) is 0 Å². The highest BCUT2D eigenvalue weighted by Crippen LogP contribution is 2.05. The molecule has 4 heteroatoms. The van der Waals surface area contributed by atoms with Crippen molar-refractivity contribution in [3.05, 3.63) is 11.8 Å². The van der Waals surface area contributed by atoms with E-state index in [1.807, 2.05) is 0 Å². The van der Waals surface area contributed by atoms with Gasteiger partial charge in [-0.3, -0.25) is 0 Å². The SMILES string of the molecule is CC(C)Cc1nnc(CO)o1. The molecule has 1 aromatic rings. The summed E-state index contributed by atoms with van der Waals surface area (Å²) in [7, 11) is 0. The summed E-state index contributed by atoms with van der Waals surface area (Å²) < 4.78 is 5.07. The molecule has 0 radical (unpaired) electrons. The van der Waals surface area contributed by atoms with Gasteiger partial charge in [-0.15, -0.1) is 10.2 Å². The molecule has 0 aliphatic carbocycles. The molecule has 0 bridgehead atoms. The molecule has 1 heterocycles. The van der Waals surface area contributed by atoms with Crippen molar-refractivity contribution in [3.63, 3.8) is 0 Å². The van der Waals surface area contributed by atoms with Gasteiger partial charge >= 0.3 is 0 Å². The molecule has 1 rings (SSSR count). The van der Waals surface area contributed by atoms with E-state index in [1.54, 1.807) is 0 Å². The van der Waals surface area contributed by atoms with Crippen LogP contribution in [0.1, 0.15) is 25.6 Å². The van der Waals surface area contributed by atoms with Gasteiger partial charge < -0.3 is 9.52 Å². The lowest BCUT2D eigenvalue weighted by molar-refractivity contribution is 0.235. The topological polar surface area (TPSA) is 59.2 Å². The molecule has 11 heavy (non-hydrogen) atoms. The van der Waals surface area contributed by atoms with Gasteiger partial charge in [0.1, 0.15) is 6.61 Å². The molecular formula is C7H12N2O2. The van der Waals surface area contributed by atoms with Crippen molar-refractivity contribution in [3.8, 4) is 0 Å². The zero-order valence-corrected chi connectivity index (χ0v) is 6.74. The third-order valence-electron chi connectivity index (χ3n) is 1.23. The quantitative estimate of drug-likeness (QED) is 0.701. The third kappa shape index (κ3) is 2.31. The van der Waals surface area contributed by atoms with Crippen LogP contribution in [0.2, 0.25) is 0 Å². The van der Waals surface area contributed by atoms with E-state index in [0.29, 0.717) is 17.7 Å². The van der Waals surface area contributed by atoms with Crippen LogP contribution in [0.25, 0.3) is 0 Å². The maximum absolute atomic E-state index is 8.59. The second-order valence-electron chi connectivity index (χ2n) is 2.85. The van der Waals surface area contributed by atoms with E-state index in [1.165, 1.54) is 0 Å². The van der Waals surface area contributed by atoms with Crippen LogP contribution >= 0.6 is 0 Å². The molecule has 0 atom stereocenters. The minimum Gasteiger partial charge on any atom is -0.423 e. The highest BCUT2D eigenvalue weighted by Gasteiger charge is 2.05. The predicted octanol–water partition coefficient (Wildman–Crippen LogP) is 0.760. The summed E-state index contributed by atoms with van der Waals surface area (Å²) >= 11 is 0. The molecule has 0 amide bonds. The van der Waals surface area contributed by atoms with Crippen LogP contribution in [0, 0.1) is 5.92 Å². The monoisotopic (exact) mass is 156 g/mol. The number of rotatable bonds is 3. The van der Waals surface area contributed by atoms with Crippen LogP contribution in [0.15, 0.2) is 4.42 Å². The largest absolute Gasteiger partial charge is 0.423 e. The van der Waals surface area contributed by atoms with E-state index in [0.717, 1.165) is 6.42 Å². The second-order valence-corrected chi connectivity index (χ2v) is 2.85. The molecule has 0 unspecified atom stereocenters. The van der Waals surface area contributed by atoms with E-state index in [9.17, 15) is 0 Å². The van der Waals surface area contributed by atoms with Crippen LogP contribution in [0.4, 0.5) is 0 Å². The van der Waals surface area contributed by atoms with Gasteiger partial charge in [-0.25, -0.2) is 0 Å². The van der Waals surface area contributed by atoms with Crippen LogP contribution in [-0.2, 0) is 13.0 Å². The maximum Gasteiger partial charge on any atom is 0.241 e. The molecule has 0 fully saturated rings. The van der Waals surface area contributed by atoms with Gasteiger partial charge in [-0.05, 0) is 5.92 Å². The highest BCUT2D eigenvalue weighted by molar-refractivity contribution is 4.80. The second kappa shape index (κ2) is 3.48. The molecule has 1 N–H and O–H groups in total. The molecule has 0 aromatic carbocycles. The Balaban J connectivity index is 2.58. The van der Waals surface area contributed by atoms with Crippen molar-refractivity contribution in [2.24, 2.45) is 5.92 Å². The lowest BCUT2D eigenvalue weighted by Gasteiger charge is -1.96. The molecule has 4 nitrogen and oxygen atoms in total. The first-order valence-electron chi connectivity index (χ1n) is 3.64. The van der Waals surface area contributed by atoms with E-state index in [4.69, 9.17) is 9.52 Å².